The molecule has 0 unspecified atom stereocenters. The van der Waals surface area contributed by atoms with Crippen molar-refractivity contribution in [2.24, 2.45) is 0 Å². The summed E-state index contributed by atoms with van der Waals surface area (Å²) < 4.78 is 8.58. The molecule has 5 heterocycles. The molecule has 0 saturated heterocycles. The molecule has 6 aromatic rings. The van der Waals surface area contributed by atoms with Gasteiger partial charge in [0, 0.05) is 48.5 Å². The van der Waals surface area contributed by atoms with Crippen LogP contribution in [0.5, 0.6) is 11.6 Å². The van der Waals surface area contributed by atoms with Crippen molar-refractivity contribution >= 4 is 39.0 Å². The minimum Gasteiger partial charge on any atom is -0.439 e. The Morgan fingerprint density at radius 3 is 2.45 bits per heavy atom. The molecule has 0 radical (unpaired) electrons. The van der Waals surface area contributed by atoms with E-state index in [2.05, 4.69) is 107 Å². The summed E-state index contributed by atoms with van der Waals surface area (Å²) in [4.78, 5) is 18.3. The molecule has 7 nitrogen and oxygen atoms in total. The van der Waals surface area contributed by atoms with Crippen molar-refractivity contribution < 1.29 is 4.74 Å². The van der Waals surface area contributed by atoms with Gasteiger partial charge in [0.15, 0.2) is 5.82 Å². The van der Waals surface area contributed by atoms with Crippen LogP contribution in [-0.4, -0.2) is 33.2 Å². The van der Waals surface area contributed by atoms with E-state index in [4.69, 9.17) is 9.72 Å². The molecule has 7 heteroatoms. The van der Waals surface area contributed by atoms with Crippen molar-refractivity contribution in [2.75, 3.05) is 23.5 Å². The Morgan fingerprint density at radius 2 is 1.57 bits per heavy atom. The highest BCUT2D eigenvalue weighted by molar-refractivity contribution is 6.09. The van der Waals surface area contributed by atoms with E-state index in [1.807, 2.05) is 36.7 Å². The number of anilines is 3. The highest BCUT2D eigenvalue weighted by Gasteiger charge is 2.26. The molecule has 1 aliphatic rings. The zero-order chi connectivity index (χ0) is 27.4. The first-order chi connectivity index (χ1) is 19.4. The van der Waals surface area contributed by atoms with Gasteiger partial charge in [-0.2, -0.15) is 0 Å². The molecule has 0 spiro atoms. The molecular weight excluding hydrogens is 496 g/mol. The average Bonchev–Trinajstić information content (AvgIpc) is 3.47. The fourth-order valence-corrected chi connectivity index (χ4v) is 5.46. The predicted molar refractivity (Wildman–Crippen MR) is 161 cm³/mol. The molecule has 0 aliphatic carbocycles. The highest BCUT2D eigenvalue weighted by Crippen LogP contribution is 2.39. The minimum absolute atomic E-state index is 0.0155. The van der Waals surface area contributed by atoms with Gasteiger partial charge in [-0.1, -0.05) is 39.0 Å². The van der Waals surface area contributed by atoms with Gasteiger partial charge in [-0.3, -0.25) is 4.57 Å². The lowest BCUT2D eigenvalue weighted by Gasteiger charge is -2.20. The van der Waals surface area contributed by atoms with Gasteiger partial charge in [-0.05, 0) is 59.5 Å². The number of fused-ring (bicyclic) bond motifs is 4. The van der Waals surface area contributed by atoms with Gasteiger partial charge in [0.2, 0.25) is 5.88 Å². The summed E-state index contributed by atoms with van der Waals surface area (Å²) in [5, 5.41) is 2.33. The summed E-state index contributed by atoms with van der Waals surface area (Å²) in [7, 11) is 2.07. The maximum atomic E-state index is 6.36. The second-order valence-corrected chi connectivity index (χ2v) is 11.3. The fourth-order valence-electron chi connectivity index (χ4n) is 5.46. The summed E-state index contributed by atoms with van der Waals surface area (Å²) in [5.74, 6) is 3.06. The SMILES string of the molecule is CN1CN(c2ccnc(Oc3ccc4c5ccccc5n(-c5cc(C(C)(C)C)ccn5)c4c3)c2)c2ncccc21. The molecule has 0 bridgehead atoms. The van der Waals surface area contributed by atoms with Crippen LogP contribution in [0.1, 0.15) is 26.3 Å². The van der Waals surface area contributed by atoms with Crippen LogP contribution >= 0.6 is 0 Å². The fraction of sp³-hybridized carbons (Fsp3) is 0.182. The second kappa shape index (κ2) is 9.09. The molecule has 4 aromatic heterocycles. The monoisotopic (exact) mass is 526 g/mol. The van der Waals surface area contributed by atoms with Gasteiger partial charge < -0.3 is 14.5 Å². The van der Waals surface area contributed by atoms with Crippen molar-refractivity contribution in [3.8, 4) is 17.4 Å². The van der Waals surface area contributed by atoms with E-state index in [0.29, 0.717) is 18.3 Å². The van der Waals surface area contributed by atoms with Crippen LogP contribution in [0.3, 0.4) is 0 Å². The lowest BCUT2D eigenvalue weighted by Crippen LogP contribution is -2.24. The first-order valence-electron chi connectivity index (χ1n) is 13.4. The second-order valence-electron chi connectivity index (χ2n) is 11.3. The molecular formula is C33H30N6O. The highest BCUT2D eigenvalue weighted by atomic mass is 16.5. The average molecular weight is 527 g/mol. The number of aromatic nitrogens is 4. The van der Waals surface area contributed by atoms with Gasteiger partial charge in [0.25, 0.3) is 0 Å². The van der Waals surface area contributed by atoms with Gasteiger partial charge in [-0.15, -0.1) is 0 Å². The number of rotatable bonds is 4. The van der Waals surface area contributed by atoms with Crippen molar-refractivity contribution in [2.45, 2.75) is 26.2 Å². The van der Waals surface area contributed by atoms with Crippen LogP contribution in [0.15, 0.2) is 97.5 Å². The molecule has 40 heavy (non-hydrogen) atoms. The molecule has 1 aliphatic heterocycles. The minimum atomic E-state index is 0.0155. The van der Waals surface area contributed by atoms with Crippen molar-refractivity contribution in [3.63, 3.8) is 0 Å². The number of benzene rings is 2. The van der Waals surface area contributed by atoms with E-state index in [1.54, 1.807) is 6.20 Å². The summed E-state index contributed by atoms with van der Waals surface area (Å²) in [6.07, 6.45) is 5.50. The van der Waals surface area contributed by atoms with Crippen LogP contribution in [0.2, 0.25) is 0 Å². The summed E-state index contributed by atoms with van der Waals surface area (Å²) in [6.45, 7) is 7.38. The third-order valence-electron chi connectivity index (χ3n) is 7.52. The first-order valence-corrected chi connectivity index (χ1v) is 13.4. The Balaban J connectivity index is 1.29. The Bertz CT molecular complexity index is 1890. The van der Waals surface area contributed by atoms with E-state index >= 15 is 0 Å². The van der Waals surface area contributed by atoms with Gasteiger partial charge in [-0.25, -0.2) is 15.0 Å². The molecule has 0 saturated carbocycles. The zero-order valence-electron chi connectivity index (χ0n) is 23.0. The zero-order valence-corrected chi connectivity index (χ0v) is 23.0. The number of nitrogens with zero attached hydrogens (tertiary/aromatic N) is 6. The quantitative estimate of drug-likeness (QED) is 0.236. The first kappa shape index (κ1) is 24.2. The lowest BCUT2D eigenvalue weighted by molar-refractivity contribution is 0.463. The molecule has 2 aromatic carbocycles. The number of pyridine rings is 3. The lowest BCUT2D eigenvalue weighted by atomic mass is 9.88. The Hall–Kier alpha value is -4.91. The van der Waals surface area contributed by atoms with E-state index in [-0.39, 0.29) is 5.41 Å². The van der Waals surface area contributed by atoms with E-state index in [9.17, 15) is 0 Å². The topological polar surface area (TPSA) is 59.3 Å². The molecule has 0 fully saturated rings. The van der Waals surface area contributed by atoms with Crippen molar-refractivity contribution in [1.29, 1.82) is 0 Å². The van der Waals surface area contributed by atoms with E-state index in [0.717, 1.165) is 39.4 Å². The third kappa shape index (κ3) is 4.02. The predicted octanol–water partition coefficient (Wildman–Crippen LogP) is 7.60. The van der Waals surface area contributed by atoms with Gasteiger partial charge in [0.05, 0.1) is 29.1 Å². The van der Waals surface area contributed by atoms with Crippen LogP contribution < -0.4 is 14.5 Å². The number of hydrogen-bond donors (Lipinski definition) is 0. The van der Waals surface area contributed by atoms with Crippen molar-refractivity contribution in [3.05, 3.63) is 103 Å². The van der Waals surface area contributed by atoms with Crippen LogP contribution in [0.4, 0.5) is 17.2 Å². The normalized spacial score (nSPS) is 13.3. The third-order valence-corrected chi connectivity index (χ3v) is 7.52. The number of hydrogen-bond acceptors (Lipinski definition) is 6. The maximum Gasteiger partial charge on any atom is 0.221 e. The largest absolute Gasteiger partial charge is 0.439 e. The summed E-state index contributed by atoms with van der Waals surface area (Å²) in [6, 6.07) is 26.9. The molecule has 198 valence electrons. The molecule has 0 amide bonds. The molecule has 0 N–H and O–H groups in total. The maximum absolute atomic E-state index is 6.36. The molecule has 0 atom stereocenters. The van der Waals surface area contributed by atoms with E-state index in [1.165, 1.54) is 10.9 Å². The van der Waals surface area contributed by atoms with Gasteiger partial charge >= 0.3 is 0 Å². The number of para-hydroxylation sites is 1. The Morgan fingerprint density at radius 1 is 0.750 bits per heavy atom. The summed E-state index contributed by atoms with van der Waals surface area (Å²) in [5.41, 5.74) is 5.48. The standard InChI is InChI=1S/C33H30N6O/c1-33(2,3)22-13-16-34-30(18-22)39-27-9-6-5-8-25(27)26-12-11-24(20-29(26)39)40-31-19-23(14-17-35-31)38-21-37(4)28-10-7-15-36-32(28)38/h5-20H,21H2,1-4H3. The Labute approximate surface area is 233 Å². The molecule has 7 rings (SSSR count). The summed E-state index contributed by atoms with van der Waals surface area (Å²) >= 11 is 0. The van der Waals surface area contributed by atoms with Gasteiger partial charge in [0.1, 0.15) is 11.6 Å². The van der Waals surface area contributed by atoms with Crippen molar-refractivity contribution in [1.82, 2.24) is 19.5 Å². The van der Waals surface area contributed by atoms with Crippen LogP contribution in [0, 0.1) is 0 Å². The smallest absolute Gasteiger partial charge is 0.221 e. The van der Waals surface area contributed by atoms with Crippen LogP contribution in [0.25, 0.3) is 27.6 Å². The Kier molecular flexibility index (Phi) is 5.49. The number of ether oxygens (including phenoxy) is 1. The van der Waals surface area contributed by atoms with E-state index < -0.39 is 0 Å². The van der Waals surface area contributed by atoms with Crippen LogP contribution in [-0.2, 0) is 5.41 Å².